The lowest BCUT2D eigenvalue weighted by molar-refractivity contribution is 0.271. The highest BCUT2D eigenvalue weighted by atomic mass is 32.1. The summed E-state index contributed by atoms with van der Waals surface area (Å²) in [5.41, 5.74) is 0. The Labute approximate surface area is 129 Å². The molecule has 0 amide bonds. The summed E-state index contributed by atoms with van der Waals surface area (Å²) in [5, 5.41) is 14.8. The molecule has 0 spiro atoms. The number of aliphatic hydroxyl groups is 1. The molecular weight excluding hydrogens is 286 g/mol. The number of aromatic nitrogens is 2. The van der Waals surface area contributed by atoms with E-state index in [4.69, 9.17) is 9.63 Å². The number of aliphatic hydroxyl groups excluding tert-OH is 1. The van der Waals surface area contributed by atoms with Crippen LogP contribution in [0.15, 0.2) is 22.0 Å². The van der Waals surface area contributed by atoms with E-state index in [0.717, 1.165) is 50.1 Å². The van der Waals surface area contributed by atoms with Gasteiger partial charge >= 0.3 is 0 Å². The minimum absolute atomic E-state index is 0.299. The third-order valence-electron chi connectivity index (χ3n) is 3.34. The monoisotopic (exact) mass is 309 g/mol. The van der Waals surface area contributed by atoms with Gasteiger partial charge in [0.15, 0.2) is 0 Å². The van der Waals surface area contributed by atoms with E-state index in [1.54, 1.807) is 11.3 Å². The fourth-order valence-corrected chi connectivity index (χ4v) is 2.79. The lowest BCUT2D eigenvalue weighted by Gasteiger charge is -2.15. The smallest absolute Gasteiger partial charge is 0.227 e. The molecule has 2 heterocycles. The quantitative estimate of drug-likeness (QED) is 0.684. The molecule has 5 nitrogen and oxygen atoms in total. The molecule has 0 aliphatic carbocycles. The van der Waals surface area contributed by atoms with E-state index >= 15 is 0 Å². The number of unbranched alkanes of at least 4 members (excludes halogenated alkanes) is 2. The molecule has 2 rings (SSSR count). The van der Waals surface area contributed by atoms with Crippen molar-refractivity contribution in [3.05, 3.63) is 23.4 Å². The molecule has 0 aliphatic heterocycles. The summed E-state index contributed by atoms with van der Waals surface area (Å²) in [4.78, 5) is 7.78. The van der Waals surface area contributed by atoms with Crippen LogP contribution in [-0.2, 0) is 6.42 Å². The highest BCUT2D eigenvalue weighted by Gasteiger charge is 2.09. The van der Waals surface area contributed by atoms with Crippen LogP contribution in [0.25, 0.3) is 10.7 Å². The maximum atomic E-state index is 8.73. The minimum atomic E-state index is 0.299. The SMILES string of the molecule is CN(CCCCCO)CCCc1nc(-c2cccs2)no1. The van der Waals surface area contributed by atoms with Gasteiger partial charge in [-0.25, -0.2) is 0 Å². The molecule has 1 N–H and O–H groups in total. The van der Waals surface area contributed by atoms with Gasteiger partial charge in [0.2, 0.25) is 11.7 Å². The Balaban J connectivity index is 1.64. The molecule has 2 aromatic rings. The number of hydrogen-bond donors (Lipinski definition) is 1. The fraction of sp³-hybridized carbons (Fsp3) is 0.600. The lowest BCUT2D eigenvalue weighted by Crippen LogP contribution is -2.21. The average molecular weight is 309 g/mol. The number of thiophene rings is 1. The van der Waals surface area contributed by atoms with Crippen molar-refractivity contribution in [2.75, 3.05) is 26.7 Å². The maximum absolute atomic E-state index is 8.73. The van der Waals surface area contributed by atoms with Crippen molar-refractivity contribution in [1.29, 1.82) is 0 Å². The number of rotatable bonds is 10. The first-order chi connectivity index (χ1) is 10.3. The number of nitrogens with zero attached hydrogens (tertiary/aromatic N) is 3. The van der Waals surface area contributed by atoms with Crippen molar-refractivity contribution < 1.29 is 9.63 Å². The molecular formula is C15H23N3O2S. The van der Waals surface area contributed by atoms with Crippen LogP contribution >= 0.6 is 11.3 Å². The first-order valence-electron chi connectivity index (χ1n) is 7.45. The van der Waals surface area contributed by atoms with Crippen LogP contribution in [0.3, 0.4) is 0 Å². The van der Waals surface area contributed by atoms with Gasteiger partial charge in [0.05, 0.1) is 4.88 Å². The molecule has 6 heteroatoms. The largest absolute Gasteiger partial charge is 0.396 e. The van der Waals surface area contributed by atoms with Crippen LogP contribution in [-0.4, -0.2) is 46.9 Å². The molecule has 0 atom stereocenters. The molecule has 0 bridgehead atoms. The van der Waals surface area contributed by atoms with Crippen molar-refractivity contribution in [1.82, 2.24) is 15.0 Å². The summed E-state index contributed by atoms with van der Waals surface area (Å²) in [6, 6.07) is 3.99. The van der Waals surface area contributed by atoms with Gasteiger partial charge in [0, 0.05) is 13.0 Å². The summed E-state index contributed by atoms with van der Waals surface area (Å²) >= 11 is 1.62. The second kappa shape index (κ2) is 8.92. The summed E-state index contributed by atoms with van der Waals surface area (Å²) in [5.74, 6) is 1.41. The van der Waals surface area contributed by atoms with E-state index in [-0.39, 0.29) is 0 Å². The topological polar surface area (TPSA) is 62.4 Å². The molecule has 0 radical (unpaired) electrons. The first-order valence-corrected chi connectivity index (χ1v) is 8.33. The Hall–Kier alpha value is -1.24. The zero-order valence-corrected chi connectivity index (χ0v) is 13.3. The molecule has 0 aromatic carbocycles. The first kappa shape index (κ1) is 16.1. The van der Waals surface area contributed by atoms with Crippen molar-refractivity contribution in [2.45, 2.75) is 32.1 Å². The molecule has 0 fully saturated rings. The van der Waals surface area contributed by atoms with Crippen molar-refractivity contribution >= 4 is 11.3 Å². The van der Waals surface area contributed by atoms with Gasteiger partial charge in [-0.05, 0) is 57.3 Å². The maximum Gasteiger partial charge on any atom is 0.227 e. The highest BCUT2D eigenvalue weighted by Crippen LogP contribution is 2.21. The Morgan fingerprint density at radius 2 is 2.10 bits per heavy atom. The average Bonchev–Trinajstić information content (AvgIpc) is 3.14. The molecule has 2 aromatic heterocycles. The van der Waals surface area contributed by atoms with Crippen LogP contribution in [0.4, 0.5) is 0 Å². The van der Waals surface area contributed by atoms with Crippen LogP contribution < -0.4 is 0 Å². The van der Waals surface area contributed by atoms with Gasteiger partial charge in [-0.2, -0.15) is 4.98 Å². The normalized spacial score (nSPS) is 11.4. The second-order valence-electron chi connectivity index (χ2n) is 5.18. The van der Waals surface area contributed by atoms with Gasteiger partial charge in [0.25, 0.3) is 0 Å². The predicted octanol–water partition coefficient (Wildman–Crippen LogP) is 2.83. The van der Waals surface area contributed by atoms with E-state index < -0.39 is 0 Å². The van der Waals surface area contributed by atoms with Crippen LogP contribution in [0.2, 0.25) is 0 Å². The van der Waals surface area contributed by atoms with Gasteiger partial charge in [-0.15, -0.1) is 11.3 Å². The van der Waals surface area contributed by atoms with Gasteiger partial charge in [-0.1, -0.05) is 11.2 Å². The zero-order chi connectivity index (χ0) is 14.9. The third-order valence-corrected chi connectivity index (χ3v) is 4.20. The van der Waals surface area contributed by atoms with Crippen molar-refractivity contribution in [3.8, 4) is 10.7 Å². The molecule has 0 saturated heterocycles. The molecule has 0 aliphatic rings. The summed E-state index contributed by atoms with van der Waals surface area (Å²) in [6.07, 6.45) is 4.97. The Kier molecular flexibility index (Phi) is 6.85. The lowest BCUT2D eigenvalue weighted by atomic mass is 10.2. The summed E-state index contributed by atoms with van der Waals surface area (Å²) in [7, 11) is 2.13. The second-order valence-corrected chi connectivity index (χ2v) is 6.13. The van der Waals surface area contributed by atoms with E-state index in [1.807, 2.05) is 17.5 Å². The highest BCUT2D eigenvalue weighted by molar-refractivity contribution is 7.13. The Morgan fingerprint density at radius 1 is 1.24 bits per heavy atom. The zero-order valence-electron chi connectivity index (χ0n) is 12.5. The van der Waals surface area contributed by atoms with Crippen molar-refractivity contribution in [2.24, 2.45) is 0 Å². The molecule has 21 heavy (non-hydrogen) atoms. The summed E-state index contributed by atoms with van der Waals surface area (Å²) in [6.45, 7) is 2.40. The van der Waals surface area contributed by atoms with Crippen LogP contribution in [0.1, 0.15) is 31.6 Å². The van der Waals surface area contributed by atoms with Crippen molar-refractivity contribution in [3.63, 3.8) is 0 Å². The predicted molar refractivity (Wildman–Crippen MR) is 84.4 cm³/mol. The van der Waals surface area contributed by atoms with E-state index in [0.29, 0.717) is 18.3 Å². The Bertz CT molecular complexity index is 499. The van der Waals surface area contributed by atoms with Gasteiger partial charge in [0.1, 0.15) is 0 Å². The summed E-state index contributed by atoms with van der Waals surface area (Å²) < 4.78 is 5.28. The van der Waals surface area contributed by atoms with Gasteiger partial charge in [-0.3, -0.25) is 0 Å². The fourth-order valence-electron chi connectivity index (χ4n) is 2.14. The molecule has 116 valence electrons. The van der Waals surface area contributed by atoms with Gasteiger partial charge < -0.3 is 14.5 Å². The van der Waals surface area contributed by atoms with E-state index in [2.05, 4.69) is 22.1 Å². The van der Waals surface area contributed by atoms with E-state index in [9.17, 15) is 0 Å². The standard InChI is InChI=1S/C15H23N3O2S/c1-18(9-3-2-4-11-19)10-5-8-14-16-15(17-20-14)13-7-6-12-21-13/h6-7,12,19H,2-5,8-11H2,1H3. The van der Waals surface area contributed by atoms with Crippen LogP contribution in [0, 0.1) is 0 Å². The molecule has 0 saturated carbocycles. The van der Waals surface area contributed by atoms with Crippen LogP contribution in [0.5, 0.6) is 0 Å². The molecule has 0 unspecified atom stereocenters. The number of hydrogen-bond acceptors (Lipinski definition) is 6. The van der Waals surface area contributed by atoms with E-state index in [1.165, 1.54) is 0 Å². The number of aryl methyl sites for hydroxylation is 1. The Morgan fingerprint density at radius 3 is 2.86 bits per heavy atom. The third kappa shape index (κ3) is 5.57. The minimum Gasteiger partial charge on any atom is -0.396 e.